The van der Waals surface area contributed by atoms with Crippen molar-refractivity contribution in [2.45, 2.75) is 32.0 Å². The van der Waals surface area contributed by atoms with Crippen LogP contribution in [0.3, 0.4) is 0 Å². The Balaban J connectivity index is 1.47. The average molecular weight is 476 g/mol. The molecule has 1 atom stereocenters. The van der Waals surface area contributed by atoms with Crippen LogP contribution < -0.4 is 10.1 Å². The number of fused-ring (bicyclic) bond motifs is 3. The number of nitrogens with zero attached hydrogens (tertiary/aromatic N) is 5. The van der Waals surface area contributed by atoms with Crippen LogP contribution in [0.4, 0.5) is 5.82 Å². The highest BCUT2D eigenvalue weighted by molar-refractivity contribution is 5.97. The number of ether oxygens (including phenoxy) is 3. The van der Waals surface area contributed by atoms with Crippen LogP contribution in [0, 0.1) is 0 Å². The zero-order valence-corrected chi connectivity index (χ0v) is 19.5. The Hall–Kier alpha value is -3.83. The van der Waals surface area contributed by atoms with Gasteiger partial charge in [0.25, 0.3) is 0 Å². The lowest BCUT2D eigenvalue weighted by atomic mass is 9.89. The van der Waals surface area contributed by atoms with E-state index in [4.69, 9.17) is 19.2 Å². The average Bonchev–Trinajstić information content (AvgIpc) is 3.58. The molecule has 6 rings (SSSR count). The fourth-order valence-electron chi connectivity index (χ4n) is 4.77. The van der Waals surface area contributed by atoms with E-state index in [2.05, 4.69) is 25.4 Å². The molecule has 0 saturated carbocycles. The fraction of sp³-hybridized carbons (Fsp3) is 0.375. The molecule has 0 aromatic carbocycles. The van der Waals surface area contributed by atoms with E-state index in [0.29, 0.717) is 37.9 Å². The van der Waals surface area contributed by atoms with Gasteiger partial charge in [-0.25, -0.2) is 15.0 Å². The predicted octanol–water partition coefficient (Wildman–Crippen LogP) is 2.48. The molecular formula is C24H25N7O4. The van der Waals surface area contributed by atoms with Crippen LogP contribution in [0.15, 0.2) is 30.9 Å². The minimum Gasteiger partial charge on any atom is -0.485 e. The highest BCUT2D eigenvalue weighted by atomic mass is 16.6. The number of amides is 1. The van der Waals surface area contributed by atoms with Crippen LogP contribution in [-0.2, 0) is 39.9 Å². The summed E-state index contributed by atoms with van der Waals surface area (Å²) in [6, 6.07) is 3.80. The van der Waals surface area contributed by atoms with Crippen LogP contribution >= 0.6 is 0 Å². The van der Waals surface area contributed by atoms with Crippen LogP contribution in [0.1, 0.15) is 30.4 Å². The van der Waals surface area contributed by atoms with Gasteiger partial charge in [0, 0.05) is 62.2 Å². The molecular weight excluding hydrogens is 450 g/mol. The molecule has 0 aliphatic carbocycles. The number of pyridine rings is 2. The molecule has 2 aliphatic rings. The summed E-state index contributed by atoms with van der Waals surface area (Å²) in [4.78, 5) is 28.5. The van der Waals surface area contributed by atoms with Crippen molar-refractivity contribution in [2.24, 2.45) is 7.05 Å². The SMILES string of the molecule is CC(=O)Nc1cc2c(-c3cc(OCc4ncn(C)n4)c4c(n3)C3(CCOC3)OCC4)c[nH]c2cn1. The molecule has 11 nitrogen and oxygen atoms in total. The number of H-pyrrole nitrogens is 1. The summed E-state index contributed by atoms with van der Waals surface area (Å²) in [6.45, 7) is 3.36. The summed E-state index contributed by atoms with van der Waals surface area (Å²) in [7, 11) is 1.82. The molecule has 1 amide bonds. The van der Waals surface area contributed by atoms with Crippen molar-refractivity contribution in [3.8, 4) is 17.0 Å². The van der Waals surface area contributed by atoms with Gasteiger partial charge in [-0.3, -0.25) is 9.48 Å². The van der Waals surface area contributed by atoms with E-state index in [-0.39, 0.29) is 12.5 Å². The Bertz CT molecular complexity index is 1420. The lowest BCUT2D eigenvalue weighted by Crippen LogP contribution is -2.37. The first-order valence-corrected chi connectivity index (χ1v) is 11.5. The molecule has 0 radical (unpaired) electrons. The third-order valence-electron chi connectivity index (χ3n) is 6.38. The Morgan fingerprint density at radius 1 is 1.31 bits per heavy atom. The number of aryl methyl sites for hydroxylation is 1. The third-order valence-corrected chi connectivity index (χ3v) is 6.38. The van der Waals surface area contributed by atoms with E-state index in [1.54, 1.807) is 17.2 Å². The summed E-state index contributed by atoms with van der Waals surface area (Å²) in [5.41, 5.74) is 3.74. The van der Waals surface area contributed by atoms with Crippen molar-refractivity contribution in [2.75, 3.05) is 25.1 Å². The number of hydrogen-bond acceptors (Lipinski definition) is 8. The molecule has 1 unspecified atom stereocenters. The van der Waals surface area contributed by atoms with Crippen LogP contribution in [-0.4, -0.2) is 55.4 Å². The minimum atomic E-state index is -0.583. The molecule has 0 bridgehead atoms. The Kier molecular flexibility index (Phi) is 5.23. The molecule has 35 heavy (non-hydrogen) atoms. The van der Waals surface area contributed by atoms with Gasteiger partial charge in [-0.1, -0.05) is 0 Å². The molecule has 2 N–H and O–H groups in total. The molecule has 1 saturated heterocycles. The van der Waals surface area contributed by atoms with Gasteiger partial charge >= 0.3 is 0 Å². The number of hydrogen-bond donors (Lipinski definition) is 2. The monoisotopic (exact) mass is 475 g/mol. The van der Waals surface area contributed by atoms with E-state index >= 15 is 0 Å². The topological polar surface area (TPSA) is 129 Å². The molecule has 2 aliphatic heterocycles. The zero-order valence-electron chi connectivity index (χ0n) is 19.5. The van der Waals surface area contributed by atoms with E-state index in [9.17, 15) is 4.79 Å². The predicted molar refractivity (Wildman–Crippen MR) is 126 cm³/mol. The van der Waals surface area contributed by atoms with Crippen molar-refractivity contribution in [3.63, 3.8) is 0 Å². The number of anilines is 1. The van der Waals surface area contributed by atoms with Crippen LogP contribution in [0.2, 0.25) is 0 Å². The second kappa shape index (κ2) is 8.43. The van der Waals surface area contributed by atoms with Gasteiger partial charge in [0.2, 0.25) is 5.91 Å². The highest BCUT2D eigenvalue weighted by Gasteiger charge is 2.44. The summed E-state index contributed by atoms with van der Waals surface area (Å²) >= 11 is 0. The fourth-order valence-corrected chi connectivity index (χ4v) is 4.77. The standard InChI is InChI=1S/C24H25N7O4/c1-14(32)28-21-7-16-17(9-25-19(16)10-26-21)18-8-20(34-11-22-27-13-31(2)30-22)15-3-5-35-24(23(15)29-18)4-6-33-12-24/h7-10,13,25H,3-6,11-12H2,1-2H3,(H,26,28,32). The molecule has 4 aromatic rings. The van der Waals surface area contributed by atoms with E-state index < -0.39 is 5.60 Å². The molecule has 180 valence electrons. The summed E-state index contributed by atoms with van der Waals surface area (Å²) < 4.78 is 19.9. The highest BCUT2D eigenvalue weighted by Crippen LogP contribution is 2.44. The van der Waals surface area contributed by atoms with Gasteiger partial charge in [-0.2, -0.15) is 5.10 Å². The molecule has 6 heterocycles. The number of rotatable bonds is 5. The second-order valence-electron chi connectivity index (χ2n) is 8.85. The molecule has 1 spiro atoms. The van der Waals surface area contributed by atoms with Crippen molar-refractivity contribution < 1.29 is 19.0 Å². The van der Waals surface area contributed by atoms with Gasteiger partial charge in [-0.15, -0.1) is 0 Å². The van der Waals surface area contributed by atoms with E-state index in [1.165, 1.54) is 6.92 Å². The van der Waals surface area contributed by atoms with Gasteiger partial charge in [0.1, 0.15) is 30.1 Å². The van der Waals surface area contributed by atoms with Gasteiger partial charge in [0.05, 0.1) is 36.3 Å². The zero-order chi connectivity index (χ0) is 24.0. The smallest absolute Gasteiger partial charge is 0.222 e. The summed E-state index contributed by atoms with van der Waals surface area (Å²) in [6.07, 6.45) is 6.67. The molecule has 1 fully saturated rings. The lowest BCUT2D eigenvalue weighted by Gasteiger charge is -2.34. The maximum Gasteiger partial charge on any atom is 0.222 e. The first-order valence-electron chi connectivity index (χ1n) is 11.5. The van der Waals surface area contributed by atoms with Gasteiger partial charge < -0.3 is 24.5 Å². The summed E-state index contributed by atoms with van der Waals surface area (Å²) in [5.74, 6) is 1.63. The van der Waals surface area contributed by atoms with Crippen LogP contribution in [0.25, 0.3) is 22.2 Å². The second-order valence-corrected chi connectivity index (χ2v) is 8.85. The number of carbonyl (C=O) groups excluding carboxylic acids is 1. The normalized spacial score (nSPS) is 19.3. The maximum atomic E-state index is 11.6. The van der Waals surface area contributed by atoms with Crippen molar-refractivity contribution in [1.82, 2.24) is 29.7 Å². The Labute approximate surface area is 200 Å². The van der Waals surface area contributed by atoms with Gasteiger partial charge in [0.15, 0.2) is 5.82 Å². The number of aromatic nitrogens is 6. The first-order chi connectivity index (χ1) is 17.0. The molecule has 11 heteroatoms. The summed E-state index contributed by atoms with van der Waals surface area (Å²) in [5, 5.41) is 7.97. The number of nitrogens with one attached hydrogen (secondary N) is 2. The number of aromatic amines is 1. The maximum absolute atomic E-state index is 11.6. The Morgan fingerprint density at radius 2 is 2.23 bits per heavy atom. The lowest BCUT2D eigenvalue weighted by molar-refractivity contribution is -0.114. The number of carbonyl (C=O) groups is 1. The largest absolute Gasteiger partial charge is 0.485 e. The van der Waals surface area contributed by atoms with E-state index in [1.807, 2.05) is 25.4 Å². The third kappa shape index (κ3) is 3.92. The van der Waals surface area contributed by atoms with Gasteiger partial charge in [-0.05, 0) is 6.07 Å². The van der Waals surface area contributed by atoms with E-state index in [0.717, 1.165) is 45.6 Å². The minimum absolute atomic E-state index is 0.181. The molecule has 4 aromatic heterocycles. The van der Waals surface area contributed by atoms with Crippen LogP contribution in [0.5, 0.6) is 5.75 Å². The first kappa shape index (κ1) is 21.7. The Morgan fingerprint density at radius 3 is 3.00 bits per heavy atom. The quantitative estimate of drug-likeness (QED) is 0.450. The van der Waals surface area contributed by atoms with Crippen molar-refractivity contribution in [3.05, 3.63) is 47.9 Å². The van der Waals surface area contributed by atoms with Crippen molar-refractivity contribution in [1.29, 1.82) is 0 Å². The van der Waals surface area contributed by atoms with Crippen molar-refractivity contribution >= 4 is 22.6 Å².